The van der Waals surface area contributed by atoms with Crippen molar-refractivity contribution in [3.8, 4) is 0 Å². The van der Waals surface area contributed by atoms with Crippen LogP contribution in [0.15, 0.2) is 57.9 Å². The van der Waals surface area contributed by atoms with Crippen molar-refractivity contribution >= 4 is 34.0 Å². The predicted molar refractivity (Wildman–Crippen MR) is 80.0 cm³/mol. The van der Waals surface area contributed by atoms with Crippen molar-refractivity contribution in [3.05, 3.63) is 64.4 Å². The van der Waals surface area contributed by atoms with Crippen LogP contribution in [-0.2, 0) is 11.2 Å². The van der Waals surface area contributed by atoms with Crippen LogP contribution in [0, 0.1) is 5.82 Å². The molecule has 1 atom stereocenters. The molecule has 0 N–H and O–H groups in total. The maximum atomic E-state index is 12.8. The molecule has 0 aliphatic carbocycles. The molecule has 0 amide bonds. The molecular weight excluding hydrogens is 327 g/mol. The zero-order chi connectivity index (χ0) is 13.7. The van der Waals surface area contributed by atoms with Crippen LogP contribution in [0.5, 0.6) is 0 Å². The van der Waals surface area contributed by atoms with Gasteiger partial charge in [0.2, 0.25) is 0 Å². The van der Waals surface area contributed by atoms with Crippen LogP contribution in [0.1, 0.15) is 5.56 Å². The summed E-state index contributed by atoms with van der Waals surface area (Å²) in [6.07, 6.45) is 1.61. The molecule has 98 valence electrons. The maximum absolute atomic E-state index is 12.8. The summed E-state index contributed by atoms with van der Waals surface area (Å²) in [6, 6.07) is 14.1. The summed E-state index contributed by atoms with van der Waals surface area (Å²) in [7, 11) is 0. The lowest BCUT2D eigenvalue weighted by molar-refractivity contribution is -0.107. The fourth-order valence-electron chi connectivity index (χ4n) is 1.66. The van der Waals surface area contributed by atoms with Crippen LogP contribution in [0.4, 0.5) is 4.39 Å². The molecule has 2 aromatic rings. The first-order valence-electron chi connectivity index (χ1n) is 5.79. The molecule has 1 nitrogen and oxygen atoms in total. The minimum Gasteiger partial charge on any atom is -0.302 e. The van der Waals surface area contributed by atoms with Gasteiger partial charge in [-0.05, 0) is 48.4 Å². The second-order valence-electron chi connectivity index (χ2n) is 4.08. The Balaban J connectivity index is 2.02. The second-order valence-corrected chi connectivity index (χ2v) is 6.31. The molecule has 0 aromatic heterocycles. The number of thioether (sulfide) groups is 1. The first-order valence-corrected chi connectivity index (χ1v) is 7.46. The van der Waals surface area contributed by atoms with E-state index >= 15 is 0 Å². The number of benzene rings is 2. The van der Waals surface area contributed by atoms with Gasteiger partial charge in [0.25, 0.3) is 0 Å². The number of halogens is 2. The third-order valence-corrected chi connectivity index (χ3v) is 4.26. The summed E-state index contributed by atoms with van der Waals surface area (Å²) in [4.78, 5) is 12.0. The highest BCUT2D eigenvalue weighted by atomic mass is 79.9. The van der Waals surface area contributed by atoms with Crippen LogP contribution >= 0.6 is 27.7 Å². The number of carbonyl (C=O) groups excluding carboxylic acids is 1. The van der Waals surface area contributed by atoms with E-state index in [1.54, 1.807) is 12.1 Å². The predicted octanol–water partition coefficient (Wildman–Crippen LogP) is 4.49. The first-order chi connectivity index (χ1) is 9.17. The van der Waals surface area contributed by atoms with Gasteiger partial charge in [0, 0.05) is 9.37 Å². The Morgan fingerprint density at radius 2 is 1.74 bits per heavy atom. The highest BCUT2D eigenvalue weighted by molar-refractivity contribution is 9.10. The van der Waals surface area contributed by atoms with Gasteiger partial charge in [0.1, 0.15) is 12.1 Å². The molecule has 1 unspecified atom stereocenters. The van der Waals surface area contributed by atoms with E-state index in [1.165, 1.54) is 23.9 Å². The molecule has 0 saturated heterocycles. The van der Waals surface area contributed by atoms with Gasteiger partial charge in [0.15, 0.2) is 0 Å². The van der Waals surface area contributed by atoms with Crippen LogP contribution < -0.4 is 0 Å². The largest absolute Gasteiger partial charge is 0.302 e. The van der Waals surface area contributed by atoms with Crippen molar-refractivity contribution in [2.24, 2.45) is 0 Å². The van der Waals surface area contributed by atoms with Crippen molar-refractivity contribution in [2.75, 3.05) is 0 Å². The van der Waals surface area contributed by atoms with E-state index in [-0.39, 0.29) is 11.1 Å². The molecule has 0 heterocycles. The summed E-state index contributed by atoms with van der Waals surface area (Å²) < 4.78 is 13.8. The Kier molecular flexibility index (Phi) is 5.16. The smallest absolute Gasteiger partial charge is 0.133 e. The lowest BCUT2D eigenvalue weighted by atomic mass is 10.1. The third-order valence-electron chi connectivity index (χ3n) is 2.60. The topological polar surface area (TPSA) is 17.1 Å². The Morgan fingerprint density at radius 3 is 2.32 bits per heavy atom. The van der Waals surface area contributed by atoms with E-state index in [1.807, 2.05) is 24.3 Å². The van der Waals surface area contributed by atoms with E-state index < -0.39 is 0 Å². The lowest BCUT2D eigenvalue weighted by Crippen LogP contribution is -2.08. The zero-order valence-electron chi connectivity index (χ0n) is 10.1. The van der Waals surface area contributed by atoms with Crippen molar-refractivity contribution in [1.82, 2.24) is 0 Å². The fourth-order valence-corrected chi connectivity index (χ4v) is 2.90. The molecule has 0 bridgehead atoms. The van der Waals surface area contributed by atoms with E-state index in [0.717, 1.165) is 21.2 Å². The van der Waals surface area contributed by atoms with Gasteiger partial charge < -0.3 is 4.79 Å². The quantitative estimate of drug-likeness (QED) is 0.590. The average Bonchev–Trinajstić information content (AvgIpc) is 2.43. The standard InChI is InChI=1S/C15H12BrFOS/c16-12-3-1-11(2-4-12)9-15(10-18)19-14-7-5-13(17)6-8-14/h1-8,10,15H,9H2. The second kappa shape index (κ2) is 6.87. The van der Waals surface area contributed by atoms with E-state index in [2.05, 4.69) is 15.9 Å². The Bertz CT molecular complexity index is 492. The number of hydrogen-bond acceptors (Lipinski definition) is 2. The Labute approximate surface area is 124 Å². The van der Waals surface area contributed by atoms with Crippen molar-refractivity contribution in [1.29, 1.82) is 0 Å². The molecule has 0 aliphatic heterocycles. The third kappa shape index (κ3) is 4.48. The minimum atomic E-state index is -0.264. The number of aldehydes is 1. The average molecular weight is 339 g/mol. The van der Waals surface area contributed by atoms with Crippen molar-refractivity contribution < 1.29 is 9.18 Å². The van der Waals surface area contributed by atoms with Gasteiger partial charge in [-0.1, -0.05) is 28.1 Å². The van der Waals surface area contributed by atoms with Gasteiger partial charge in [-0.3, -0.25) is 0 Å². The molecule has 2 rings (SSSR count). The van der Waals surface area contributed by atoms with Gasteiger partial charge in [-0.2, -0.15) is 0 Å². The maximum Gasteiger partial charge on any atom is 0.133 e. The molecule has 0 radical (unpaired) electrons. The van der Waals surface area contributed by atoms with Gasteiger partial charge in [0.05, 0.1) is 5.25 Å². The van der Waals surface area contributed by atoms with Crippen LogP contribution in [0.2, 0.25) is 0 Å². The number of rotatable bonds is 5. The monoisotopic (exact) mass is 338 g/mol. The Hall–Kier alpha value is -1.13. The van der Waals surface area contributed by atoms with Gasteiger partial charge in [-0.25, -0.2) is 4.39 Å². The van der Waals surface area contributed by atoms with E-state index in [0.29, 0.717) is 6.42 Å². The van der Waals surface area contributed by atoms with Gasteiger partial charge >= 0.3 is 0 Å². The SMILES string of the molecule is O=CC(Cc1ccc(Br)cc1)Sc1ccc(F)cc1. The molecular formula is C15H12BrFOS. The summed E-state index contributed by atoms with van der Waals surface area (Å²) in [5, 5.41) is -0.161. The molecule has 0 spiro atoms. The molecule has 2 aromatic carbocycles. The summed E-state index contributed by atoms with van der Waals surface area (Å²) in [5.41, 5.74) is 1.11. The van der Waals surface area contributed by atoms with Crippen molar-refractivity contribution in [2.45, 2.75) is 16.6 Å². The summed E-state index contributed by atoms with van der Waals surface area (Å²) >= 11 is 4.83. The van der Waals surface area contributed by atoms with Gasteiger partial charge in [-0.15, -0.1) is 11.8 Å². The molecule has 4 heteroatoms. The highest BCUT2D eigenvalue weighted by Crippen LogP contribution is 2.25. The van der Waals surface area contributed by atoms with Crippen LogP contribution in [0.25, 0.3) is 0 Å². The first kappa shape index (κ1) is 14.3. The number of carbonyl (C=O) groups is 1. The molecule has 0 aliphatic rings. The van der Waals surface area contributed by atoms with E-state index in [9.17, 15) is 9.18 Å². The van der Waals surface area contributed by atoms with Crippen LogP contribution in [0.3, 0.4) is 0 Å². The van der Waals surface area contributed by atoms with Crippen molar-refractivity contribution in [3.63, 3.8) is 0 Å². The lowest BCUT2D eigenvalue weighted by Gasteiger charge is -2.10. The minimum absolute atomic E-state index is 0.161. The highest BCUT2D eigenvalue weighted by Gasteiger charge is 2.10. The Morgan fingerprint density at radius 1 is 1.11 bits per heavy atom. The summed E-state index contributed by atoms with van der Waals surface area (Å²) in [5.74, 6) is -0.264. The molecule has 0 fully saturated rings. The fraction of sp³-hybridized carbons (Fsp3) is 0.133. The van der Waals surface area contributed by atoms with E-state index in [4.69, 9.17) is 0 Å². The zero-order valence-corrected chi connectivity index (χ0v) is 12.5. The number of hydrogen-bond donors (Lipinski definition) is 0. The molecule has 0 saturated carbocycles. The van der Waals surface area contributed by atoms with Crippen LogP contribution in [-0.4, -0.2) is 11.5 Å². The molecule has 19 heavy (non-hydrogen) atoms. The normalized spacial score (nSPS) is 12.1. The summed E-state index contributed by atoms with van der Waals surface area (Å²) in [6.45, 7) is 0.